The van der Waals surface area contributed by atoms with Crippen LogP contribution in [0.2, 0.25) is 0 Å². The van der Waals surface area contributed by atoms with Gasteiger partial charge in [0.05, 0.1) is 18.7 Å². The Morgan fingerprint density at radius 3 is 2.70 bits per heavy atom. The van der Waals surface area contributed by atoms with E-state index in [1.807, 2.05) is 50.2 Å². The molecule has 2 aromatic rings. The number of aliphatic hydroxyl groups excluding tert-OH is 1. The lowest BCUT2D eigenvalue weighted by Gasteiger charge is -2.27. The van der Waals surface area contributed by atoms with Gasteiger partial charge in [-0.1, -0.05) is 18.2 Å². The van der Waals surface area contributed by atoms with E-state index in [1.54, 1.807) is 30.2 Å². The zero-order valence-corrected chi connectivity index (χ0v) is 19.5. The van der Waals surface area contributed by atoms with Crippen LogP contribution < -0.4 is 9.47 Å². The van der Waals surface area contributed by atoms with Crippen LogP contribution in [0.4, 0.5) is 0 Å². The van der Waals surface area contributed by atoms with Crippen LogP contribution in [0.3, 0.4) is 0 Å². The zero-order chi connectivity index (χ0) is 23.7. The van der Waals surface area contributed by atoms with Crippen LogP contribution in [0.5, 0.6) is 11.5 Å². The molecule has 0 aromatic heterocycles. The Balaban J connectivity index is 1.81. The van der Waals surface area contributed by atoms with Gasteiger partial charge >= 0.3 is 0 Å². The van der Waals surface area contributed by atoms with E-state index in [9.17, 15) is 14.7 Å². The second-order valence-electron chi connectivity index (χ2n) is 8.85. The van der Waals surface area contributed by atoms with Crippen molar-refractivity contribution in [1.82, 2.24) is 9.80 Å². The lowest BCUT2D eigenvalue weighted by atomic mass is 9.94. The molecule has 2 aliphatic heterocycles. The summed E-state index contributed by atoms with van der Waals surface area (Å²) in [5.74, 6) is -0.127. The number of benzene rings is 2. The molecule has 2 unspecified atom stereocenters. The van der Waals surface area contributed by atoms with Gasteiger partial charge in [-0.2, -0.15) is 0 Å². The van der Waals surface area contributed by atoms with Crippen molar-refractivity contribution >= 4 is 17.4 Å². The van der Waals surface area contributed by atoms with E-state index in [4.69, 9.17) is 9.47 Å². The highest BCUT2D eigenvalue weighted by Gasteiger charge is 2.46. The fourth-order valence-corrected chi connectivity index (χ4v) is 4.61. The molecule has 0 spiro atoms. The molecule has 2 atom stereocenters. The number of fused-ring (bicyclic) bond motifs is 1. The first kappa shape index (κ1) is 22.9. The summed E-state index contributed by atoms with van der Waals surface area (Å²) in [4.78, 5) is 29.9. The summed E-state index contributed by atoms with van der Waals surface area (Å²) in [5, 5.41) is 11.3. The van der Waals surface area contributed by atoms with Gasteiger partial charge in [0.25, 0.3) is 11.7 Å². The molecular formula is C26H30N2O5. The number of aliphatic hydroxyl groups is 1. The Labute approximate surface area is 194 Å². The van der Waals surface area contributed by atoms with Crippen LogP contribution in [0.15, 0.2) is 48.0 Å². The molecule has 0 saturated carbocycles. The van der Waals surface area contributed by atoms with E-state index in [0.29, 0.717) is 29.8 Å². The summed E-state index contributed by atoms with van der Waals surface area (Å²) in [6, 6.07) is 11.9. The molecule has 174 valence electrons. The topological polar surface area (TPSA) is 79.3 Å². The Hall–Kier alpha value is -3.32. The lowest BCUT2D eigenvalue weighted by molar-refractivity contribution is -0.140. The number of carbonyl (C=O) groups excluding carboxylic acids is 2. The molecule has 1 fully saturated rings. The van der Waals surface area contributed by atoms with Crippen molar-refractivity contribution < 1.29 is 24.2 Å². The molecule has 7 nitrogen and oxygen atoms in total. The third kappa shape index (κ3) is 4.33. The molecule has 4 rings (SSSR count). The summed E-state index contributed by atoms with van der Waals surface area (Å²) >= 11 is 0. The van der Waals surface area contributed by atoms with Crippen molar-refractivity contribution in [3.63, 3.8) is 0 Å². The SMILES string of the molecule is COc1ccccc1C1C(=C(O)c2ccc3c(c2)CC(C)O3)C(=O)C(=O)N1CCCN(C)C. The van der Waals surface area contributed by atoms with Gasteiger partial charge in [0.15, 0.2) is 0 Å². The number of Topliss-reactive ketones (excluding diaryl/α,β-unsaturated/α-hetero) is 1. The van der Waals surface area contributed by atoms with E-state index in [2.05, 4.69) is 0 Å². The van der Waals surface area contributed by atoms with E-state index in [0.717, 1.165) is 24.3 Å². The number of nitrogens with zero attached hydrogens (tertiary/aromatic N) is 2. The summed E-state index contributed by atoms with van der Waals surface area (Å²) in [7, 11) is 5.48. The fraction of sp³-hybridized carbons (Fsp3) is 0.385. The van der Waals surface area contributed by atoms with Crippen LogP contribution in [0.25, 0.3) is 5.76 Å². The Morgan fingerprint density at radius 2 is 1.97 bits per heavy atom. The summed E-state index contributed by atoms with van der Waals surface area (Å²) in [5.41, 5.74) is 2.23. The first-order valence-electron chi connectivity index (χ1n) is 11.2. The van der Waals surface area contributed by atoms with Crippen molar-refractivity contribution in [3.8, 4) is 11.5 Å². The van der Waals surface area contributed by atoms with E-state index >= 15 is 0 Å². The molecule has 0 radical (unpaired) electrons. The van der Waals surface area contributed by atoms with Crippen molar-refractivity contribution in [3.05, 3.63) is 64.7 Å². The first-order chi connectivity index (χ1) is 15.8. The maximum atomic E-state index is 13.2. The highest BCUT2D eigenvalue weighted by Crippen LogP contribution is 2.43. The van der Waals surface area contributed by atoms with Crippen LogP contribution in [0, 0.1) is 0 Å². The maximum Gasteiger partial charge on any atom is 0.295 e. The molecule has 7 heteroatoms. The molecule has 0 aliphatic carbocycles. The molecule has 2 heterocycles. The highest BCUT2D eigenvalue weighted by molar-refractivity contribution is 6.46. The number of ether oxygens (including phenoxy) is 2. The number of rotatable bonds is 7. The standard InChI is InChI=1S/C26H30N2O5/c1-16-14-18-15-17(10-11-20(18)33-16)24(29)22-23(19-8-5-6-9-21(19)32-4)28(26(31)25(22)30)13-7-12-27(2)3/h5-6,8-11,15-16,23,29H,7,12-14H2,1-4H3. The molecule has 2 aliphatic rings. The number of para-hydroxylation sites is 1. The van der Waals surface area contributed by atoms with E-state index < -0.39 is 17.7 Å². The van der Waals surface area contributed by atoms with E-state index in [1.165, 1.54) is 0 Å². The van der Waals surface area contributed by atoms with Crippen LogP contribution >= 0.6 is 0 Å². The minimum Gasteiger partial charge on any atom is -0.507 e. The summed E-state index contributed by atoms with van der Waals surface area (Å²) < 4.78 is 11.3. The third-order valence-corrected chi connectivity index (χ3v) is 6.15. The van der Waals surface area contributed by atoms with Gasteiger partial charge in [-0.15, -0.1) is 0 Å². The van der Waals surface area contributed by atoms with Gasteiger partial charge in [0, 0.05) is 24.1 Å². The predicted molar refractivity (Wildman–Crippen MR) is 125 cm³/mol. The minimum atomic E-state index is -0.730. The number of hydrogen-bond donors (Lipinski definition) is 1. The number of hydrogen-bond acceptors (Lipinski definition) is 6. The number of amides is 1. The van der Waals surface area contributed by atoms with Gasteiger partial charge in [-0.05, 0) is 63.8 Å². The van der Waals surface area contributed by atoms with Crippen molar-refractivity contribution in [1.29, 1.82) is 0 Å². The second kappa shape index (κ2) is 9.27. The van der Waals surface area contributed by atoms with Crippen LogP contribution in [-0.2, 0) is 16.0 Å². The molecule has 33 heavy (non-hydrogen) atoms. The lowest BCUT2D eigenvalue weighted by Crippen LogP contribution is -2.32. The molecular weight excluding hydrogens is 420 g/mol. The number of likely N-dealkylation sites (tertiary alicyclic amines) is 1. The van der Waals surface area contributed by atoms with Crippen molar-refractivity contribution in [2.75, 3.05) is 34.3 Å². The van der Waals surface area contributed by atoms with Crippen LogP contribution in [-0.4, -0.2) is 67.0 Å². The number of methoxy groups -OCH3 is 1. The summed E-state index contributed by atoms with van der Waals surface area (Å²) in [6.07, 6.45) is 1.48. The summed E-state index contributed by atoms with van der Waals surface area (Å²) in [6.45, 7) is 3.14. The van der Waals surface area contributed by atoms with Gasteiger partial charge in [-0.25, -0.2) is 0 Å². The minimum absolute atomic E-state index is 0.0632. The number of carbonyl (C=O) groups is 2. The van der Waals surface area contributed by atoms with Gasteiger partial charge < -0.3 is 24.4 Å². The van der Waals surface area contributed by atoms with Crippen molar-refractivity contribution in [2.45, 2.75) is 31.9 Å². The predicted octanol–water partition coefficient (Wildman–Crippen LogP) is 3.39. The smallest absolute Gasteiger partial charge is 0.295 e. The Morgan fingerprint density at radius 1 is 1.21 bits per heavy atom. The third-order valence-electron chi connectivity index (χ3n) is 6.15. The van der Waals surface area contributed by atoms with Gasteiger partial charge in [0.1, 0.15) is 23.4 Å². The molecule has 0 bridgehead atoms. The monoisotopic (exact) mass is 450 g/mol. The zero-order valence-electron chi connectivity index (χ0n) is 19.5. The molecule has 1 saturated heterocycles. The van der Waals surface area contributed by atoms with Crippen LogP contribution in [0.1, 0.15) is 36.1 Å². The average Bonchev–Trinajstić information content (AvgIpc) is 3.29. The van der Waals surface area contributed by atoms with E-state index in [-0.39, 0.29) is 17.4 Å². The maximum absolute atomic E-state index is 13.2. The largest absolute Gasteiger partial charge is 0.507 e. The normalized spacial score (nSPS) is 21.4. The Bertz CT molecular complexity index is 1110. The van der Waals surface area contributed by atoms with Gasteiger partial charge in [-0.3, -0.25) is 9.59 Å². The van der Waals surface area contributed by atoms with Gasteiger partial charge in [0.2, 0.25) is 0 Å². The highest BCUT2D eigenvalue weighted by atomic mass is 16.5. The molecule has 1 N–H and O–H groups in total. The number of ketones is 1. The fourth-order valence-electron chi connectivity index (χ4n) is 4.61. The molecule has 1 amide bonds. The average molecular weight is 451 g/mol. The second-order valence-corrected chi connectivity index (χ2v) is 8.85. The molecule has 2 aromatic carbocycles. The Kier molecular flexibility index (Phi) is 6.42. The van der Waals surface area contributed by atoms with Crippen molar-refractivity contribution in [2.24, 2.45) is 0 Å². The quantitative estimate of drug-likeness (QED) is 0.396. The first-order valence-corrected chi connectivity index (χ1v) is 11.2.